The predicted molar refractivity (Wildman–Crippen MR) is 114 cm³/mol. The molecule has 0 saturated carbocycles. The molecule has 0 aliphatic carbocycles. The minimum Gasteiger partial charge on any atom is -0.480 e. The maximum atomic E-state index is 11.5. The summed E-state index contributed by atoms with van der Waals surface area (Å²) in [5.41, 5.74) is 0.794. The third kappa shape index (κ3) is 7.06. The van der Waals surface area contributed by atoms with Gasteiger partial charge in [0.2, 0.25) is 17.8 Å². The van der Waals surface area contributed by atoms with Crippen LogP contribution in [0.5, 0.6) is 0 Å². The molecule has 4 N–H and O–H groups in total. The monoisotopic (exact) mass is 452 g/mol. The Morgan fingerprint density at radius 3 is 2.56 bits per heavy atom. The molecular weight excluding hydrogens is 432 g/mol. The molecular formula is C17H21BrN6O2S. The topological polar surface area (TPSA) is 112 Å². The molecule has 0 amide bonds. The Morgan fingerprint density at radius 2 is 1.93 bits per heavy atom. The van der Waals surface area contributed by atoms with Crippen LogP contribution in [0.25, 0.3) is 0 Å². The van der Waals surface area contributed by atoms with Crippen LogP contribution in [0.1, 0.15) is 6.42 Å². The van der Waals surface area contributed by atoms with Crippen LogP contribution < -0.4 is 16.0 Å². The van der Waals surface area contributed by atoms with Gasteiger partial charge in [0.1, 0.15) is 6.04 Å². The lowest BCUT2D eigenvalue weighted by molar-refractivity contribution is -0.137. The molecule has 8 nitrogen and oxygen atoms in total. The van der Waals surface area contributed by atoms with Gasteiger partial charge in [-0.2, -0.15) is 26.7 Å². The summed E-state index contributed by atoms with van der Waals surface area (Å²) in [6.07, 6.45) is 4.06. The smallest absolute Gasteiger partial charge is 0.326 e. The number of rotatable bonds is 11. The van der Waals surface area contributed by atoms with E-state index in [-0.39, 0.29) is 5.95 Å². The van der Waals surface area contributed by atoms with Crippen LogP contribution in [0.4, 0.5) is 23.5 Å². The van der Waals surface area contributed by atoms with Crippen LogP contribution in [0.2, 0.25) is 0 Å². The molecule has 2 rings (SSSR count). The molecule has 1 atom stereocenters. The number of hydrogen-bond donors (Lipinski definition) is 4. The number of nitrogens with one attached hydrogen (secondary N) is 3. The Hall–Kier alpha value is -2.33. The van der Waals surface area contributed by atoms with Gasteiger partial charge in [-0.1, -0.05) is 22.0 Å². The van der Waals surface area contributed by atoms with Crippen molar-refractivity contribution < 1.29 is 9.90 Å². The second-order valence-electron chi connectivity index (χ2n) is 5.42. The molecule has 1 aromatic carbocycles. The SMILES string of the molecule is C=CCNc1nc(Nc2ccc(Br)cc2)nc(N[C@@H](CCSC)C(=O)O)n1. The summed E-state index contributed by atoms with van der Waals surface area (Å²) < 4.78 is 0.956. The number of halogens is 1. The van der Waals surface area contributed by atoms with Crippen molar-refractivity contribution in [2.75, 3.05) is 34.5 Å². The number of thioether (sulfide) groups is 1. The van der Waals surface area contributed by atoms with Crippen molar-refractivity contribution in [1.29, 1.82) is 0 Å². The quantitative estimate of drug-likeness (QED) is 0.379. The number of anilines is 4. The van der Waals surface area contributed by atoms with Crippen molar-refractivity contribution in [3.8, 4) is 0 Å². The fraction of sp³-hybridized carbons (Fsp3) is 0.294. The second kappa shape index (κ2) is 10.7. The lowest BCUT2D eigenvalue weighted by atomic mass is 10.2. The van der Waals surface area contributed by atoms with Crippen LogP contribution in [0, 0.1) is 0 Å². The summed E-state index contributed by atoms with van der Waals surface area (Å²) in [4.78, 5) is 24.3. The van der Waals surface area contributed by atoms with Crippen molar-refractivity contribution in [2.45, 2.75) is 12.5 Å². The number of carbonyl (C=O) groups is 1. The lowest BCUT2D eigenvalue weighted by Gasteiger charge is -2.15. The molecule has 0 fully saturated rings. The average Bonchev–Trinajstić information content (AvgIpc) is 2.65. The van der Waals surface area contributed by atoms with Crippen LogP contribution in [-0.4, -0.2) is 50.6 Å². The van der Waals surface area contributed by atoms with Gasteiger partial charge in [-0.25, -0.2) is 4.79 Å². The summed E-state index contributed by atoms with van der Waals surface area (Å²) in [5, 5.41) is 18.4. The molecule has 10 heteroatoms. The third-order valence-electron chi connectivity index (χ3n) is 3.35. The zero-order chi connectivity index (χ0) is 19.6. The highest BCUT2D eigenvalue weighted by Gasteiger charge is 2.19. The second-order valence-corrected chi connectivity index (χ2v) is 7.33. The first-order valence-electron chi connectivity index (χ1n) is 8.13. The standard InChI is InChI=1S/C17H21BrN6O2S/c1-3-9-19-15-22-16(20-12-6-4-11(18)5-7-12)24-17(23-15)21-13(14(25)26)8-10-27-2/h3-7,13H,1,8-10H2,2H3,(H,25,26)(H3,19,20,21,22,23,24)/t13-/m0/s1. The number of nitrogens with zero attached hydrogens (tertiary/aromatic N) is 3. The molecule has 27 heavy (non-hydrogen) atoms. The van der Waals surface area contributed by atoms with Crippen molar-refractivity contribution in [3.63, 3.8) is 0 Å². The molecule has 2 aromatic rings. The fourth-order valence-corrected chi connectivity index (χ4v) is 2.79. The largest absolute Gasteiger partial charge is 0.480 e. The number of hydrogen-bond acceptors (Lipinski definition) is 8. The molecule has 0 saturated heterocycles. The van der Waals surface area contributed by atoms with Crippen LogP contribution in [0.3, 0.4) is 0 Å². The van der Waals surface area contributed by atoms with Gasteiger partial charge in [0.25, 0.3) is 0 Å². The first kappa shape index (κ1) is 21.0. The van der Waals surface area contributed by atoms with Crippen LogP contribution in [-0.2, 0) is 4.79 Å². The predicted octanol–water partition coefficient (Wildman–Crippen LogP) is 3.59. The van der Waals surface area contributed by atoms with Crippen LogP contribution >= 0.6 is 27.7 Å². The third-order valence-corrected chi connectivity index (χ3v) is 4.52. The van der Waals surface area contributed by atoms with Gasteiger partial charge in [-0.15, -0.1) is 6.58 Å². The number of benzene rings is 1. The van der Waals surface area contributed by atoms with Gasteiger partial charge in [-0.05, 0) is 42.7 Å². The highest BCUT2D eigenvalue weighted by atomic mass is 79.9. The highest BCUT2D eigenvalue weighted by Crippen LogP contribution is 2.19. The zero-order valence-electron chi connectivity index (χ0n) is 14.8. The van der Waals surface area contributed by atoms with Crippen molar-refractivity contribution in [3.05, 3.63) is 41.4 Å². The Morgan fingerprint density at radius 1 is 1.26 bits per heavy atom. The molecule has 0 radical (unpaired) electrons. The molecule has 0 unspecified atom stereocenters. The van der Waals surface area contributed by atoms with E-state index in [0.717, 1.165) is 10.2 Å². The first-order valence-corrected chi connectivity index (χ1v) is 10.3. The Labute approximate surface area is 170 Å². The molecule has 0 spiro atoms. The number of aromatic nitrogens is 3. The van der Waals surface area contributed by atoms with E-state index >= 15 is 0 Å². The fourth-order valence-electron chi connectivity index (χ4n) is 2.05. The van der Waals surface area contributed by atoms with E-state index in [9.17, 15) is 9.90 Å². The van der Waals surface area contributed by atoms with Crippen molar-refractivity contribution in [2.24, 2.45) is 0 Å². The summed E-state index contributed by atoms with van der Waals surface area (Å²) in [7, 11) is 0. The Kier molecular flexibility index (Phi) is 8.34. The van der Waals surface area contributed by atoms with Gasteiger partial charge in [0.05, 0.1) is 0 Å². The van der Waals surface area contributed by atoms with E-state index in [2.05, 4.69) is 53.4 Å². The molecule has 0 aliphatic heterocycles. The molecule has 1 aromatic heterocycles. The van der Waals surface area contributed by atoms with Gasteiger partial charge >= 0.3 is 5.97 Å². The maximum Gasteiger partial charge on any atom is 0.326 e. The van der Waals surface area contributed by atoms with Gasteiger partial charge in [0, 0.05) is 16.7 Å². The summed E-state index contributed by atoms with van der Waals surface area (Å²) in [6.45, 7) is 4.12. The first-order chi connectivity index (χ1) is 13.0. The van der Waals surface area contributed by atoms with Crippen molar-refractivity contribution >= 4 is 57.2 Å². The molecule has 144 valence electrons. The normalized spacial score (nSPS) is 11.5. The Bertz CT molecular complexity index is 775. The summed E-state index contributed by atoms with van der Waals surface area (Å²) in [6, 6.07) is 6.74. The van der Waals surface area contributed by atoms with Crippen molar-refractivity contribution in [1.82, 2.24) is 15.0 Å². The minimum atomic E-state index is -0.951. The minimum absolute atomic E-state index is 0.185. The van der Waals surface area contributed by atoms with Gasteiger partial charge in [0.15, 0.2) is 0 Å². The maximum absolute atomic E-state index is 11.5. The number of carboxylic acid groups (broad SMARTS) is 1. The molecule has 0 aliphatic rings. The highest BCUT2D eigenvalue weighted by molar-refractivity contribution is 9.10. The lowest BCUT2D eigenvalue weighted by Crippen LogP contribution is -2.31. The Balaban J connectivity index is 2.24. The van der Waals surface area contributed by atoms with E-state index in [1.807, 2.05) is 30.5 Å². The molecule has 0 bridgehead atoms. The summed E-state index contributed by atoms with van der Waals surface area (Å²) >= 11 is 4.97. The van der Waals surface area contributed by atoms with E-state index in [4.69, 9.17) is 0 Å². The van der Waals surface area contributed by atoms with E-state index in [1.54, 1.807) is 17.8 Å². The van der Waals surface area contributed by atoms with Gasteiger partial charge < -0.3 is 21.1 Å². The van der Waals surface area contributed by atoms with E-state index in [1.165, 1.54) is 0 Å². The number of aliphatic carboxylic acids is 1. The van der Waals surface area contributed by atoms with Gasteiger partial charge in [-0.3, -0.25) is 0 Å². The van der Waals surface area contributed by atoms with E-state index < -0.39 is 12.0 Å². The summed E-state index contributed by atoms with van der Waals surface area (Å²) in [5.74, 6) is 0.564. The number of carboxylic acids is 1. The van der Waals surface area contributed by atoms with E-state index in [0.29, 0.717) is 30.6 Å². The van der Waals surface area contributed by atoms with Crippen LogP contribution in [0.15, 0.2) is 41.4 Å². The zero-order valence-corrected chi connectivity index (χ0v) is 17.2. The average molecular weight is 453 g/mol. The molecule has 1 heterocycles.